The number of unbranched alkanes of at least 4 members (excludes halogenated alkanes) is 3. The van der Waals surface area contributed by atoms with Crippen LogP contribution in [-0.4, -0.2) is 26.8 Å². The molecule has 0 heterocycles. The highest BCUT2D eigenvalue weighted by molar-refractivity contribution is 6.43. The van der Waals surface area contributed by atoms with Gasteiger partial charge in [-0.25, -0.2) is 0 Å². The maximum Gasteiger partial charge on any atom is 0.303 e. The SMILES string of the molecule is BC1(B)C(CCCCCC)C1CC(=O)O. The molecular formula is C11H22B2O2. The van der Waals surface area contributed by atoms with Crippen molar-refractivity contribution in [3.05, 3.63) is 0 Å². The van der Waals surface area contributed by atoms with Gasteiger partial charge in [0.2, 0.25) is 0 Å². The molecule has 0 radical (unpaired) electrons. The summed E-state index contributed by atoms with van der Waals surface area (Å²) in [6, 6.07) is 0. The highest BCUT2D eigenvalue weighted by Crippen LogP contribution is 2.64. The smallest absolute Gasteiger partial charge is 0.303 e. The Bertz CT molecular complexity index is 229. The first-order valence-corrected chi connectivity index (χ1v) is 6.22. The van der Waals surface area contributed by atoms with Crippen LogP contribution in [0.4, 0.5) is 0 Å². The van der Waals surface area contributed by atoms with Crippen molar-refractivity contribution in [2.24, 2.45) is 11.8 Å². The molecule has 0 aromatic heterocycles. The van der Waals surface area contributed by atoms with E-state index in [9.17, 15) is 4.79 Å². The van der Waals surface area contributed by atoms with Gasteiger partial charge in [0.1, 0.15) is 0 Å². The Morgan fingerprint density at radius 2 is 1.93 bits per heavy atom. The van der Waals surface area contributed by atoms with Crippen molar-refractivity contribution < 1.29 is 9.90 Å². The second-order valence-corrected chi connectivity index (χ2v) is 5.48. The number of hydrogen-bond donors (Lipinski definition) is 1. The van der Waals surface area contributed by atoms with Gasteiger partial charge in [-0.3, -0.25) is 4.79 Å². The highest BCUT2D eigenvalue weighted by atomic mass is 16.4. The van der Waals surface area contributed by atoms with E-state index in [2.05, 4.69) is 22.6 Å². The third kappa shape index (κ3) is 3.29. The van der Waals surface area contributed by atoms with Crippen LogP contribution in [0.3, 0.4) is 0 Å². The molecule has 0 bridgehead atoms. The molecule has 0 aromatic carbocycles. The number of carboxylic acid groups (broad SMARTS) is 1. The Kier molecular flexibility index (Phi) is 4.30. The van der Waals surface area contributed by atoms with E-state index in [-0.39, 0.29) is 5.21 Å². The number of carboxylic acids is 1. The van der Waals surface area contributed by atoms with Crippen LogP contribution in [0.2, 0.25) is 5.21 Å². The van der Waals surface area contributed by atoms with Crippen LogP contribution < -0.4 is 0 Å². The monoisotopic (exact) mass is 208 g/mol. The zero-order chi connectivity index (χ0) is 11.5. The Hall–Kier alpha value is -0.400. The fourth-order valence-corrected chi connectivity index (χ4v) is 2.82. The third-order valence-electron chi connectivity index (χ3n) is 4.05. The quantitative estimate of drug-likeness (QED) is 0.501. The predicted molar refractivity (Wildman–Crippen MR) is 67.8 cm³/mol. The molecule has 1 aliphatic rings. The summed E-state index contributed by atoms with van der Waals surface area (Å²) in [6.07, 6.45) is 6.76. The summed E-state index contributed by atoms with van der Waals surface area (Å²) in [4.78, 5) is 10.7. The van der Waals surface area contributed by atoms with Gasteiger partial charge in [0.05, 0.1) is 15.7 Å². The van der Waals surface area contributed by atoms with Gasteiger partial charge in [-0.15, -0.1) is 0 Å². The van der Waals surface area contributed by atoms with E-state index in [1.165, 1.54) is 32.1 Å². The lowest BCUT2D eigenvalue weighted by Crippen LogP contribution is -2.00. The summed E-state index contributed by atoms with van der Waals surface area (Å²) in [6.45, 7) is 2.22. The van der Waals surface area contributed by atoms with E-state index in [0.29, 0.717) is 18.3 Å². The molecule has 1 fully saturated rings. The first kappa shape index (κ1) is 12.7. The Morgan fingerprint density at radius 3 is 2.47 bits per heavy atom. The molecule has 84 valence electrons. The summed E-state index contributed by atoms with van der Waals surface area (Å²) in [5, 5.41) is 9.07. The fourth-order valence-electron chi connectivity index (χ4n) is 2.82. The van der Waals surface area contributed by atoms with Gasteiger partial charge in [0, 0.05) is 6.42 Å². The molecule has 0 saturated heterocycles. The summed E-state index contributed by atoms with van der Waals surface area (Å²) in [7, 11) is 4.43. The van der Waals surface area contributed by atoms with Crippen LogP contribution in [0.25, 0.3) is 0 Å². The summed E-state index contributed by atoms with van der Waals surface area (Å²) in [5.41, 5.74) is 0. The number of carbonyl (C=O) groups is 1. The Morgan fingerprint density at radius 1 is 1.27 bits per heavy atom. The number of aliphatic carboxylic acids is 1. The highest BCUT2D eigenvalue weighted by Gasteiger charge is 2.56. The maximum atomic E-state index is 10.7. The van der Waals surface area contributed by atoms with Crippen LogP contribution >= 0.6 is 0 Å². The maximum absolute atomic E-state index is 10.7. The molecule has 0 spiro atoms. The minimum Gasteiger partial charge on any atom is -0.481 e. The van der Waals surface area contributed by atoms with Crippen LogP contribution in [0.5, 0.6) is 0 Å². The van der Waals surface area contributed by atoms with Crippen molar-refractivity contribution in [3.8, 4) is 0 Å². The van der Waals surface area contributed by atoms with Crippen molar-refractivity contribution >= 4 is 21.7 Å². The zero-order valence-electron chi connectivity index (χ0n) is 10.3. The van der Waals surface area contributed by atoms with Crippen molar-refractivity contribution in [2.75, 3.05) is 0 Å². The average molecular weight is 208 g/mol. The van der Waals surface area contributed by atoms with Crippen molar-refractivity contribution in [1.29, 1.82) is 0 Å². The van der Waals surface area contributed by atoms with E-state index in [0.717, 1.165) is 0 Å². The number of hydrogen-bond acceptors (Lipinski definition) is 1. The molecule has 4 heteroatoms. The van der Waals surface area contributed by atoms with Crippen molar-refractivity contribution in [2.45, 2.75) is 50.7 Å². The van der Waals surface area contributed by atoms with Gasteiger partial charge in [0.15, 0.2) is 0 Å². The lowest BCUT2D eigenvalue weighted by atomic mass is 9.63. The largest absolute Gasteiger partial charge is 0.481 e. The molecule has 1 saturated carbocycles. The van der Waals surface area contributed by atoms with E-state index in [4.69, 9.17) is 5.11 Å². The van der Waals surface area contributed by atoms with Gasteiger partial charge < -0.3 is 5.11 Å². The fraction of sp³-hybridized carbons (Fsp3) is 0.909. The normalized spacial score (nSPS) is 27.5. The van der Waals surface area contributed by atoms with Crippen LogP contribution in [0.1, 0.15) is 45.4 Å². The predicted octanol–water partition coefficient (Wildman–Crippen LogP) is 1.06. The molecule has 2 atom stereocenters. The minimum atomic E-state index is -0.635. The average Bonchev–Trinajstić information content (AvgIpc) is 2.62. The third-order valence-corrected chi connectivity index (χ3v) is 4.05. The minimum absolute atomic E-state index is 0.282. The second kappa shape index (κ2) is 5.09. The molecule has 1 rings (SSSR count). The van der Waals surface area contributed by atoms with E-state index >= 15 is 0 Å². The molecule has 1 aliphatic carbocycles. The lowest BCUT2D eigenvalue weighted by molar-refractivity contribution is -0.137. The van der Waals surface area contributed by atoms with E-state index < -0.39 is 5.97 Å². The van der Waals surface area contributed by atoms with Gasteiger partial charge in [-0.05, 0) is 11.8 Å². The molecule has 0 aliphatic heterocycles. The van der Waals surface area contributed by atoms with Crippen molar-refractivity contribution in [3.63, 3.8) is 0 Å². The van der Waals surface area contributed by atoms with E-state index in [1.807, 2.05) is 0 Å². The van der Waals surface area contributed by atoms with Gasteiger partial charge in [-0.1, -0.05) is 44.2 Å². The molecule has 2 nitrogen and oxygen atoms in total. The summed E-state index contributed by atoms with van der Waals surface area (Å²) >= 11 is 0. The molecule has 15 heavy (non-hydrogen) atoms. The van der Waals surface area contributed by atoms with E-state index in [1.54, 1.807) is 0 Å². The van der Waals surface area contributed by atoms with Gasteiger partial charge >= 0.3 is 5.97 Å². The summed E-state index contributed by atoms with van der Waals surface area (Å²) in [5.74, 6) is 0.450. The van der Waals surface area contributed by atoms with Crippen molar-refractivity contribution in [1.82, 2.24) is 0 Å². The number of rotatable bonds is 7. The standard InChI is InChI=1S/C11H22B2O2/c1-2-3-4-5-6-8-9(7-10(14)15)11(8,12)13/h8-9H,2-7,12-13H2,1H3,(H,14,15). The molecular weight excluding hydrogens is 186 g/mol. The first-order valence-electron chi connectivity index (χ1n) is 6.22. The van der Waals surface area contributed by atoms with Gasteiger partial charge in [-0.2, -0.15) is 0 Å². The molecule has 1 N–H and O–H groups in total. The summed E-state index contributed by atoms with van der Waals surface area (Å²) < 4.78 is 0. The lowest BCUT2D eigenvalue weighted by Gasteiger charge is -2.01. The second-order valence-electron chi connectivity index (χ2n) is 5.48. The molecule has 0 aromatic rings. The zero-order valence-corrected chi connectivity index (χ0v) is 10.3. The Balaban J connectivity index is 2.22. The van der Waals surface area contributed by atoms with Crippen LogP contribution in [-0.2, 0) is 4.79 Å². The van der Waals surface area contributed by atoms with Crippen LogP contribution in [0.15, 0.2) is 0 Å². The first-order chi connectivity index (χ1) is 7.00. The van der Waals surface area contributed by atoms with Gasteiger partial charge in [0.25, 0.3) is 0 Å². The topological polar surface area (TPSA) is 37.3 Å². The Labute approximate surface area is 94.6 Å². The molecule has 0 amide bonds. The molecule has 2 unspecified atom stereocenters. The van der Waals surface area contributed by atoms with Crippen LogP contribution in [0, 0.1) is 11.8 Å².